The average Bonchev–Trinajstić information content (AvgIpc) is 2.56. The van der Waals surface area contributed by atoms with Crippen molar-refractivity contribution in [2.75, 3.05) is 66.5 Å². The Kier molecular flexibility index (Phi) is 7.94. The number of rotatable bonds is 7. The maximum atomic E-state index is 12.6. The van der Waals surface area contributed by atoms with Crippen LogP contribution in [-0.4, -0.2) is 109 Å². The molecule has 0 bridgehead atoms. The second-order valence-electron chi connectivity index (χ2n) is 7.60. The number of amides is 1. The predicted molar refractivity (Wildman–Crippen MR) is 97.1 cm³/mol. The highest BCUT2D eigenvalue weighted by Gasteiger charge is 2.26. The normalized spacial score (nSPS) is 25.2. The molecule has 2 unspecified atom stereocenters. The first-order chi connectivity index (χ1) is 11.5. The molecule has 0 radical (unpaired) electrons. The minimum Gasteiger partial charge on any atom is -0.390 e. The molecule has 1 N–H and O–H groups in total. The largest absolute Gasteiger partial charge is 0.390 e. The maximum absolute atomic E-state index is 12.6. The highest BCUT2D eigenvalue weighted by molar-refractivity contribution is 5.78. The van der Waals surface area contributed by atoms with E-state index in [2.05, 4.69) is 28.7 Å². The van der Waals surface area contributed by atoms with Crippen molar-refractivity contribution in [1.82, 2.24) is 19.6 Å². The molecule has 2 fully saturated rings. The quantitative estimate of drug-likeness (QED) is 0.723. The molecule has 0 aromatic rings. The van der Waals surface area contributed by atoms with E-state index in [0.717, 1.165) is 52.0 Å². The van der Waals surface area contributed by atoms with Crippen molar-refractivity contribution in [3.63, 3.8) is 0 Å². The van der Waals surface area contributed by atoms with Crippen molar-refractivity contribution < 1.29 is 9.90 Å². The van der Waals surface area contributed by atoms with Gasteiger partial charge in [0.1, 0.15) is 0 Å². The van der Waals surface area contributed by atoms with E-state index in [0.29, 0.717) is 25.7 Å². The molecule has 6 heteroatoms. The van der Waals surface area contributed by atoms with Crippen molar-refractivity contribution in [3.05, 3.63) is 0 Å². The Labute approximate surface area is 147 Å². The van der Waals surface area contributed by atoms with E-state index in [1.165, 1.54) is 6.42 Å². The van der Waals surface area contributed by atoms with Crippen molar-refractivity contribution >= 4 is 5.91 Å². The number of nitrogens with zero attached hydrogens (tertiary/aromatic N) is 4. The summed E-state index contributed by atoms with van der Waals surface area (Å²) in [6, 6.07) is 0.412. The summed E-state index contributed by atoms with van der Waals surface area (Å²) in [4.78, 5) is 21.2. The van der Waals surface area contributed by atoms with Gasteiger partial charge in [-0.15, -0.1) is 0 Å². The molecule has 0 spiro atoms. The molecule has 0 saturated carbocycles. The van der Waals surface area contributed by atoms with E-state index in [1.807, 2.05) is 11.9 Å². The molecule has 2 rings (SSSR count). The van der Waals surface area contributed by atoms with Crippen LogP contribution in [0.1, 0.15) is 32.6 Å². The van der Waals surface area contributed by atoms with Gasteiger partial charge in [-0.05, 0) is 39.8 Å². The zero-order valence-corrected chi connectivity index (χ0v) is 15.8. The summed E-state index contributed by atoms with van der Waals surface area (Å²) in [5, 5.41) is 10.3. The average molecular weight is 341 g/mol. The summed E-state index contributed by atoms with van der Waals surface area (Å²) in [6.07, 6.45) is 4.15. The van der Waals surface area contributed by atoms with Crippen molar-refractivity contribution in [2.24, 2.45) is 0 Å². The van der Waals surface area contributed by atoms with Crippen LogP contribution >= 0.6 is 0 Å². The first kappa shape index (κ1) is 19.6. The number of piperazine rings is 1. The summed E-state index contributed by atoms with van der Waals surface area (Å²) in [6.45, 7) is 8.90. The number of β-amino-alcohol motifs (C(OH)–C–C–N with tert-alkyl or cyclic N) is 1. The maximum Gasteiger partial charge on any atom is 0.236 e. The monoisotopic (exact) mass is 340 g/mol. The second kappa shape index (κ2) is 9.70. The first-order valence-electron chi connectivity index (χ1n) is 9.56. The number of hydrogen-bond donors (Lipinski definition) is 1. The standard InChI is InChI=1S/C18H36N4O2/c1-4-16-7-5-6-8-22(16)18(24)15-20(3)13-17(23)14-21-11-9-19(2)10-12-21/h16-17,23H,4-15H2,1-3H3. The Morgan fingerprint density at radius 2 is 1.92 bits per heavy atom. The highest BCUT2D eigenvalue weighted by Crippen LogP contribution is 2.19. The number of likely N-dealkylation sites (N-methyl/N-ethyl adjacent to an activating group) is 2. The van der Waals surface area contributed by atoms with E-state index in [9.17, 15) is 9.90 Å². The molecular formula is C18H36N4O2. The fraction of sp³-hybridized carbons (Fsp3) is 0.944. The van der Waals surface area contributed by atoms with Gasteiger partial charge in [0.05, 0.1) is 12.6 Å². The number of likely N-dealkylation sites (tertiary alicyclic amines) is 1. The van der Waals surface area contributed by atoms with Gasteiger partial charge in [0, 0.05) is 51.9 Å². The predicted octanol–water partition coefficient (Wildman–Crippen LogP) is 0.318. The highest BCUT2D eigenvalue weighted by atomic mass is 16.3. The van der Waals surface area contributed by atoms with E-state index in [-0.39, 0.29) is 5.91 Å². The number of hydrogen-bond acceptors (Lipinski definition) is 5. The minimum absolute atomic E-state index is 0.218. The molecule has 2 saturated heterocycles. The summed E-state index contributed by atoms with van der Waals surface area (Å²) < 4.78 is 0. The summed E-state index contributed by atoms with van der Waals surface area (Å²) in [7, 11) is 4.08. The summed E-state index contributed by atoms with van der Waals surface area (Å²) >= 11 is 0. The van der Waals surface area contributed by atoms with Gasteiger partial charge in [-0.1, -0.05) is 6.92 Å². The summed E-state index contributed by atoms with van der Waals surface area (Å²) in [5.41, 5.74) is 0. The fourth-order valence-corrected chi connectivity index (χ4v) is 3.89. The van der Waals surface area contributed by atoms with E-state index < -0.39 is 6.10 Å². The van der Waals surface area contributed by atoms with Crippen LogP contribution in [-0.2, 0) is 4.79 Å². The Morgan fingerprint density at radius 1 is 1.21 bits per heavy atom. The molecule has 0 aliphatic carbocycles. The van der Waals surface area contributed by atoms with Gasteiger partial charge in [0.15, 0.2) is 0 Å². The van der Waals surface area contributed by atoms with Crippen LogP contribution in [0.4, 0.5) is 0 Å². The van der Waals surface area contributed by atoms with Gasteiger partial charge in [-0.2, -0.15) is 0 Å². The molecular weight excluding hydrogens is 304 g/mol. The smallest absolute Gasteiger partial charge is 0.236 e. The molecule has 0 aromatic carbocycles. The minimum atomic E-state index is -0.394. The van der Waals surface area contributed by atoms with Gasteiger partial charge in [0.25, 0.3) is 0 Å². The van der Waals surface area contributed by atoms with Gasteiger partial charge in [-0.25, -0.2) is 0 Å². The van der Waals surface area contributed by atoms with Crippen LogP contribution < -0.4 is 0 Å². The Morgan fingerprint density at radius 3 is 2.58 bits per heavy atom. The zero-order chi connectivity index (χ0) is 17.5. The van der Waals surface area contributed by atoms with E-state index in [1.54, 1.807) is 0 Å². The van der Waals surface area contributed by atoms with Crippen molar-refractivity contribution in [2.45, 2.75) is 44.8 Å². The van der Waals surface area contributed by atoms with E-state index >= 15 is 0 Å². The lowest BCUT2D eigenvalue weighted by Gasteiger charge is -2.37. The second-order valence-corrected chi connectivity index (χ2v) is 7.60. The van der Waals surface area contributed by atoms with Crippen LogP contribution in [0.2, 0.25) is 0 Å². The number of aliphatic hydroxyl groups excluding tert-OH is 1. The molecule has 2 heterocycles. The molecule has 1 amide bonds. The SMILES string of the molecule is CCC1CCCCN1C(=O)CN(C)CC(O)CN1CCN(C)CC1. The third kappa shape index (κ3) is 5.99. The third-order valence-corrected chi connectivity index (χ3v) is 5.41. The fourth-order valence-electron chi connectivity index (χ4n) is 3.89. The van der Waals surface area contributed by atoms with Gasteiger partial charge in [-0.3, -0.25) is 14.6 Å². The van der Waals surface area contributed by atoms with Crippen LogP contribution in [0.5, 0.6) is 0 Å². The number of aliphatic hydroxyl groups is 1. The lowest BCUT2D eigenvalue weighted by atomic mass is 10.00. The zero-order valence-electron chi connectivity index (χ0n) is 15.8. The first-order valence-corrected chi connectivity index (χ1v) is 9.56. The molecule has 2 aliphatic rings. The molecule has 2 aliphatic heterocycles. The molecule has 24 heavy (non-hydrogen) atoms. The van der Waals surface area contributed by atoms with Crippen LogP contribution in [0, 0.1) is 0 Å². The molecule has 6 nitrogen and oxygen atoms in total. The van der Waals surface area contributed by atoms with Crippen LogP contribution in [0.15, 0.2) is 0 Å². The Balaban J connectivity index is 1.71. The van der Waals surface area contributed by atoms with Crippen molar-refractivity contribution in [1.29, 1.82) is 0 Å². The number of piperidine rings is 1. The Bertz CT molecular complexity index is 385. The number of carbonyl (C=O) groups excluding carboxylic acids is 1. The molecule has 140 valence electrons. The van der Waals surface area contributed by atoms with Gasteiger partial charge in [0.2, 0.25) is 5.91 Å². The Hall–Kier alpha value is -0.690. The lowest BCUT2D eigenvalue weighted by molar-refractivity contribution is -0.136. The third-order valence-electron chi connectivity index (χ3n) is 5.41. The molecule has 2 atom stereocenters. The lowest BCUT2D eigenvalue weighted by Crippen LogP contribution is -2.50. The van der Waals surface area contributed by atoms with Gasteiger partial charge >= 0.3 is 0 Å². The number of carbonyl (C=O) groups is 1. The molecule has 0 aromatic heterocycles. The topological polar surface area (TPSA) is 50.3 Å². The van der Waals surface area contributed by atoms with E-state index in [4.69, 9.17) is 0 Å². The summed E-state index contributed by atoms with van der Waals surface area (Å²) in [5.74, 6) is 0.218. The van der Waals surface area contributed by atoms with Crippen molar-refractivity contribution in [3.8, 4) is 0 Å². The van der Waals surface area contributed by atoms with Gasteiger partial charge < -0.3 is 14.9 Å². The van der Waals surface area contributed by atoms with Crippen LogP contribution in [0.25, 0.3) is 0 Å². The van der Waals surface area contributed by atoms with Crippen LogP contribution in [0.3, 0.4) is 0 Å².